The normalized spacial score (nSPS) is 30.4. The lowest BCUT2D eigenvalue weighted by atomic mass is 10.2. The van der Waals surface area contributed by atoms with Crippen LogP contribution in [0.5, 0.6) is 0 Å². The lowest BCUT2D eigenvalue weighted by molar-refractivity contribution is -0.150. The first-order valence-electron chi connectivity index (χ1n) is 5.54. The number of nitrogens with zero attached hydrogens (tertiary/aromatic N) is 1. The first-order chi connectivity index (χ1) is 7.70. The maximum atomic E-state index is 12.0. The van der Waals surface area contributed by atoms with Gasteiger partial charge in [0.1, 0.15) is 12.1 Å². The summed E-state index contributed by atoms with van der Waals surface area (Å²) in [6.07, 6.45) is 1.31. The number of amides is 1. The Labute approximate surface area is 93.6 Å². The summed E-state index contributed by atoms with van der Waals surface area (Å²) in [7, 11) is 0. The topological polar surface area (TPSA) is 78.9 Å². The highest BCUT2D eigenvalue weighted by Crippen LogP contribution is 2.18. The standard InChI is InChI=1S/C10H16N2O4/c13-9(7-6-16-5-3-11-7)12-4-1-2-8(12)10(14)15/h7-8,11H,1-6H2,(H,14,15)/t7?,8-/m1/s1. The SMILES string of the molecule is O=C(O)[C@H]1CCCN1C(=O)C1COCCN1. The molecule has 16 heavy (non-hydrogen) atoms. The zero-order chi connectivity index (χ0) is 11.5. The van der Waals surface area contributed by atoms with Gasteiger partial charge in [-0.15, -0.1) is 0 Å². The zero-order valence-corrected chi connectivity index (χ0v) is 9.02. The molecule has 0 aromatic carbocycles. The van der Waals surface area contributed by atoms with E-state index in [4.69, 9.17) is 9.84 Å². The van der Waals surface area contributed by atoms with Gasteiger partial charge in [0.05, 0.1) is 13.2 Å². The quantitative estimate of drug-likeness (QED) is 0.637. The molecule has 2 heterocycles. The van der Waals surface area contributed by atoms with Crippen molar-refractivity contribution in [2.75, 3.05) is 26.3 Å². The van der Waals surface area contributed by atoms with E-state index in [2.05, 4.69) is 5.32 Å². The van der Waals surface area contributed by atoms with Crippen molar-refractivity contribution in [2.24, 2.45) is 0 Å². The number of carbonyl (C=O) groups excluding carboxylic acids is 1. The third kappa shape index (κ3) is 2.17. The van der Waals surface area contributed by atoms with Gasteiger partial charge >= 0.3 is 5.97 Å². The van der Waals surface area contributed by atoms with Crippen molar-refractivity contribution in [3.05, 3.63) is 0 Å². The molecule has 0 spiro atoms. The fourth-order valence-electron chi connectivity index (χ4n) is 2.21. The number of hydrogen-bond donors (Lipinski definition) is 2. The maximum absolute atomic E-state index is 12.0. The number of aliphatic carboxylic acids is 1. The number of carboxylic acid groups (broad SMARTS) is 1. The molecule has 2 aliphatic rings. The lowest BCUT2D eigenvalue weighted by Gasteiger charge is -2.29. The fraction of sp³-hybridized carbons (Fsp3) is 0.800. The van der Waals surface area contributed by atoms with Crippen LogP contribution in [0.1, 0.15) is 12.8 Å². The number of ether oxygens (including phenoxy) is 1. The zero-order valence-electron chi connectivity index (χ0n) is 9.02. The van der Waals surface area contributed by atoms with Crippen LogP contribution in [0.15, 0.2) is 0 Å². The molecule has 90 valence electrons. The minimum absolute atomic E-state index is 0.149. The second-order valence-corrected chi connectivity index (χ2v) is 4.11. The van der Waals surface area contributed by atoms with Crippen LogP contribution in [-0.4, -0.2) is 60.3 Å². The van der Waals surface area contributed by atoms with E-state index in [0.717, 1.165) is 6.42 Å². The molecule has 2 rings (SSSR count). The molecule has 2 aliphatic heterocycles. The number of hydrogen-bond acceptors (Lipinski definition) is 4. The van der Waals surface area contributed by atoms with Crippen LogP contribution in [0.3, 0.4) is 0 Å². The molecule has 1 amide bonds. The third-order valence-electron chi connectivity index (χ3n) is 3.04. The summed E-state index contributed by atoms with van der Waals surface area (Å²) in [4.78, 5) is 24.4. The van der Waals surface area contributed by atoms with Crippen LogP contribution in [0.4, 0.5) is 0 Å². The molecule has 2 saturated heterocycles. The average molecular weight is 228 g/mol. The molecule has 0 radical (unpaired) electrons. The Balaban J connectivity index is 1.99. The highest BCUT2D eigenvalue weighted by atomic mass is 16.5. The highest BCUT2D eigenvalue weighted by Gasteiger charge is 2.37. The van der Waals surface area contributed by atoms with Crippen molar-refractivity contribution in [2.45, 2.75) is 24.9 Å². The van der Waals surface area contributed by atoms with Gasteiger partial charge in [-0.25, -0.2) is 4.79 Å². The number of likely N-dealkylation sites (tertiary alicyclic amines) is 1. The van der Waals surface area contributed by atoms with Crippen molar-refractivity contribution < 1.29 is 19.4 Å². The van der Waals surface area contributed by atoms with Gasteiger partial charge in [0.15, 0.2) is 0 Å². The molecule has 0 bridgehead atoms. The van der Waals surface area contributed by atoms with Gasteiger partial charge in [0, 0.05) is 13.1 Å². The Bertz CT molecular complexity index is 289. The minimum Gasteiger partial charge on any atom is -0.480 e. The smallest absolute Gasteiger partial charge is 0.326 e. The molecular formula is C10H16N2O4. The molecular weight excluding hydrogens is 212 g/mol. The first kappa shape index (κ1) is 11.3. The molecule has 0 aromatic heterocycles. The van der Waals surface area contributed by atoms with Crippen LogP contribution in [-0.2, 0) is 14.3 Å². The first-order valence-corrected chi connectivity index (χ1v) is 5.54. The molecule has 1 unspecified atom stereocenters. The number of carboxylic acids is 1. The predicted octanol–water partition coefficient (Wildman–Crippen LogP) is -0.950. The van der Waals surface area contributed by atoms with Crippen LogP contribution in [0, 0.1) is 0 Å². The molecule has 6 heteroatoms. The second-order valence-electron chi connectivity index (χ2n) is 4.11. The second kappa shape index (κ2) is 4.80. The lowest BCUT2D eigenvalue weighted by Crippen LogP contribution is -2.54. The van der Waals surface area contributed by atoms with Crippen molar-refractivity contribution >= 4 is 11.9 Å². The Hall–Kier alpha value is -1.14. The summed E-state index contributed by atoms with van der Waals surface area (Å²) < 4.78 is 5.20. The van der Waals surface area contributed by atoms with Crippen LogP contribution < -0.4 is 5.32 Å². The molecule has 0 aliphatic carbocycles. The van der Waals surface area contributed by atoms with Crippen LogP contribution in [0.2, 0.25) is 0 Å². The van der Waals surface area contributed by atoms with E-state index in [0.29, 0.717) is 32.7 Å². The summed E-state index contributed by atoms with van der Waals surface area (Å²) >= 11 is 0. The molecule has 2 atom stereocenters. The summed E-state index contributed by atoms with van der Waals surface area (Å²) in [6.45, 7) is 2.11. The van der Waals surface area contributed by atoms with Crippen LogP contribution >= 0.6 is 0 Å². The van der Waals surface area contributed by atoms with Crippen molar-refractivity contribution in [3.63, 3.8) is 0 Å². The van der Waals surface area contributed by atoms with Gasteiger partial charge in [0.2, 0.25) is 5.91 Å². The maximum Gasteiger partial charge on any atom is 0.326 e. The van der Waals surface area contributed by atoms with Gasteiger partial charge in [-0.3, -0.25) is 4.79 Å². The molecule has 2 N–H and O–H groups in total. The van der Waals surface area contributed by atoms with Gasteiger partial charge in [-0.1, -0.05) is 0 Å². The van der Waals surface area contributed by atoms with E-state index in [1.807, 2.05) is 0 Å². The van der Waals surface area contributed by atoms with Gasteiger partial charge in [-0.2, -0.15) is 0 Å². The third-order valence-corrected chi connectivity index (χ3v) is 3.04. The average Bonchev–Trinajstić information content (AvgIpc) is 2.78. The minimum atomic E-state index is -0.914. The van der Waals surface area contributed by atoms with Crippen molar-refractivity contribution in [1.29, 1.82) is 0 Å². The number of nitrogens with one attached hydrogen (secondary N) is 1. The van der Waals surface area contributed by atoms with Gasteiger partial charge in [0.25, 0.3) is 0 Å². The van der Waals surface area contributed by atoms with E-state index >= 15 is 0 Å². The molecule has 0 aromatic rings. The summed E-state index contributed by atoms with van der Waals surface area (Å²) in [5, 5.41) is 12.0. The predicted molar refractivity (Wildman–Crippen MR) is 55.0 cm³/mol. The van der Waals surface area contributed by atoms with E-state index in [1.54, 1.807) is 0 Å². The van der Waals surface area contributed by atoms with Gasteiger partial charge < -0.3 is 20.1 Å². The monoisotopic (exact) mass is 228 g/mol. The largest absolute Gasteiger partial charge is 0.480 e. The number of rotatable bonds is 2. The van der Waals surface area contributed by atoms with Crippen molar-refractivity contribution in [1.82, 2.24) is 10.2 Å². The molecule has 6 nitrogen and oxygen atoms in total. The van der Waals surface area contributed by atoms with E-state index in [1.165, 1.54) is 4.90 Å². The summed E-state index contributed by atoms with van der Waals surface area (Å²) in [5.41, 5.74) is 0. The van der Waals surface area contributed by atoms with E-state index in [-0.39, 0.29) is 11.9 Å². The highest BCUT2D eigenvalue weighted by molar-refractivity contribution is 5.87. The summed E-state index contributed by atoms with van der Waals surface area (Å²) in [6, 6.07) is -1.04. The Kier molecular flexibility index (Phi) is 3.40. The molecule has 2 fully saturated rings. The fourth-order valence-corrected chi connectivity index (χ4v) is 2.21. The van der Waals surface area contributed by atoms with Crippen LogP contribution in [0.25, 0.3) is 0 Å². The summed E-state index contributed by atoms with van der Waals surface area (Å²) in [5.74, 6) is -1.06. The Morgan fingerprint density at radius 3 is 2.88 bits per heavy atom. The van der Waals surface area contributed by atoms with Gasteiger partial charge in [-0.05, 0) is 12.8 Å². The van der Waals surface area contributed by atoms with E-state index < -0.39 is 12.0 Å². The van der Waals surface area contributed by atoms with Crippen molar-refractivity contribution in [3.8, 4) is 0 Å². The van der Waals surface area contributed by atoms with E-state index in [9.17, 15) is 9.59 Å². The Morgan fingerprint density at radius 1 is 1.44 bits per heavy atom. The Morgan fingerprint density at radius 2 is 2.25 bits per heavy atom. The molecule has 0 saturated carbocycles. The number of carbonyl (C=O) groups is 2. The number of morpholine rings is 1.